The Hall–Kier alpha value is -1.59. The molecule has 0 aliphatic carbocycles. The molecule has 5 heteroatoms. The van der Waals surface area contributed by atoms with Gasteiger partial charge in [0.25, 0.3) is 0 Å². The molecule has 0 bridgehead atoms. The molecule has 1 aliphatic rings. The van der Waals surface area contributed by atoms with E-state index >= 15 is 0 Å². The predicted molar refractivity (Wildman–Crippen MR) is 68.9 cm³/mol. The molecule has 96 valence electrons. The Balaban J connectivity index is 1.81. The monoisotopic (exact) mass is 247 g/mol. The maximum Gasteiger partial charge on any atom is 0.209 e. The highest BCUT2D eigenvalue weighted by atomic mass is 16.3. The molecule has 1 aromatic heterocycles. The van der Waals surface area contributed by atoms with Gasteiger partial charge < -0.3 is 15.3 Å². The lowest BCUT2D eigenvalue weighted by Gasteiger charge is -2.17. The van der Waals surface area contributed by atoms with Gasteiger partial charge in [-0.1, -0.05) is 6.07 Å². The summed E-state index contributed by atoms with van der Waals surface area (Å²) in [5.74, 6) is 0.653. The van der Waals surface area contributed by atoms with Crippen LogP contribution in [-0.4, -0.2) is 33.7 Å². The van der Waals surface area contributed by atoms with Crippen LogP contribution in [0.1, 0.15) is 19.2 Å². The van der Waals surface area contributed by atoms with Crippen LogP contribution in [0.25, 0.3) is 11.1 Å². The van der Waals surface area contributed by atoms with Crippen LogP contribution < -0.4 is 5.73 Å². The smallest absolute Gasteiger partial charge is 0.209 e. The van der Waals surface area contributed by atoms with Crippen molar-refractivity contribution >= 4 is 16.8 Å². The molecular formula is C13H17N3O2. The Morgan fingerprint density at radius 1 is 1.56 bits per heavy atom. The Morgan fingerprint density at radius 2 is 2.39 bits per heavy atom. The zero-order chi connectivity index (χ0) is 12.8. The van der Waals surface area contributed by atoms with E-state index < -0.39 is 5.60 Å². The number of likely N-dealkylation sites (tertiary alicyclic amines) is 1. The van der Waals surface area contributed by atoms with E-state index in [2.05, 4.69) is 9.88 Å². The number of oxazole rings is 1. The topological polar surface area (TPSA) is 75.5 Å². The molecule has 0 spiro atoms. The van der Waals surface area contributed by atoms with E-state index in [1.165, 1.54) is 0 Å². The Morgan fingerprint density at radius 3 is 3.06 bits per heavy atom. The molecule has 1 aromatic carbocycles. The zero-order valence-corrected chi connectivity index (χ0v) is 10.4. The molecule has 1 atom stereocenters. The number of nitrogens with zero attached hydrogens (tertiary/aromatic N) is 2. The van der Waals surface area contributed by atoms with Crippen molar-refractivity contribution < 1.29 is 9.52 Å². The van der Waals surface area contributed by atoms with Gasteiger partial charge in [0, 0.05) is 13.1 Å². The maximum atomic E-state index is 9.91. The second-order valence-corrected chi connectivity index (χ2v) is 5.26. The zero-order valence-electron chi connectivity index (χ0n) is 10.4. The standard InChI is InChI=1S/C13H17N3O2/c1-13(17)5-6-16(8-13)7-11-15-12-9(14)3-2-4-10(12)18-11/h2-4,17H,5-8,14H2,1H3. The normalized spacial score (nSPS) is 25.0. The van der Waals surface area contributed by atoms with Crippen LogP contribution in [0.3, 0.4) is 0 Å². The van der Waals surface area contributed by atoms with Crippen molar-refractivity contribution in [1.29, 1.82) is 0 Å². The van der Waals surface area contributed by atoms with Gasteiger partial charge in [-0.15, -0.1) is 0 Å². The lowest BCUT2D eigenvalue weighted by molar-refractivity contribution is 0.0669. The molecule has 1 saturated heterocycles. The van der Waals surface area contributed by atoms with Crippen LogP contribution in [0, 0.1) is 0 Å². The third-order valence-electron chi connectivity index (χ3n) is 3.38. The average molecular weight is 247 g/mol. The van der Waals surface area contributed by atoms with Gasteiger partial charge in [0.05, 0.1) is 17.8 Å². The minimum absolute atomic E-state index is 0.592. The highest BCUT2D eigenvalue weighted by molar-refractivity contribution is 5.85. The summed E-state index contributed by atoms with van der Waals surface area (Å²) >= 11 is 0. The lowest BCUT2D eigenvalue weighted by atomic mass is 10.1. The molecule has 2 aromatic rings. The van der Waals surface area contributed by atoms with Crippen LogP contribution in [0.5, 0.6) is 0 Å². The van der Waals surface area contributed by atoms with Gasteiger partial charge in [0.1, 0.15) is 5.52 Å². The van der Waals surface area contributed by atoms with Crippen molar-refractivity contribution in [3.8, 4) is 0 Å². The van der Waals surface area contributed by atoms with E-state index in [9.17, 15) is 5.11 Å². The number of hydrogen-bond donors (Lipinski definition) is 2. The SMILES string of the molecule is CC1(O)CCN(Cc2nc3c(N)cccc3o2)C1. The van der Waals surface area contributed by atoms with Gasteiger partial charge >= 0.3 is 0 Å². The minimum Gasteiger partial charge on any atom is -0.439 e. The van der Waals surface area contributed by atoms with Gasteiger partial charge in [0.15, 0.2) is 5.58 Å². The summed E-state index contributed by atoms with van der Waals surface area (Å²) in [6.45, 7) is 3.99. The van der Waals surface area contributed by atoms with Gasteiger partial charge in [-0.3, -0.25) is 4.90 Å². The molecule has 0 radical (unpaired) electrons. The predicted octanol–water partition coefficient (Wildman–Crippen LogP) is 1.37. The second-order valence-electron chi connectivity index (χ2n) is 5.26. The van der Waals surface area contributed by atoms with Crippen LogP contribution in [0.15, 0.2) is 22.6 Å². The number of para-hydroxylation sites is 1. The number of rotatable bonds is 2. The molecule has 0 amide bonds. The molecule has 1 aliphatic heterocycles. The van der Waals surface area contributed by atoms with E-state index in [0.29, 0.717) is 24.7 Å². The first kappa shape index (κ1) is 11.5. The van der Waals surface area contributed by atoms with E-state index in [0.717, 1.165) is 24.1 Å². The number of β-amino-alcohol motifs (C(OH)–C–C–N with tert-alkyl or cyclic N) is 1. The summed E-state index contributed by atoms with van der Waals surface area (Å²) in [7, 11) is 0. The second kappa shape index (κ2) is 3.96. The lowest BCUT2D eigenvalue weighted by Crippen LogP contribution is -2.29. The number of aromatic nitrogens is 1. The highest BCUT2D eigenvalue weighted by Crippen LogP contribution is 2.25. The molecule has 3 rings (SSSR count). The van der Waals surface area contributed by atoms with Gasteiger partial charge in [-0.25, -0.2) is 4.98 Å². The first-order chi connectivity index (χ1) is 8.53. The Labute approximate surface area is 105 Å². The van der Waals surface area contributed by atoms with Crippen LogP contribution in [0.2, 0.25) is 0 Å². The summed E-state index contributed by atoms with van der Waals surface area (Å²) < 4.78 is 5.66. The van der Waals surface area contributed by atoms with Gasteiger partial charge in [-0.2, -0.15) is 0 Å². The molecule has 3 N–H and O–H groups in total. The van der Waals surface area contributed by atoms with Crippen molar-refractivity contribution in [2.45, 2.75) is 25.5 Å². The number of anilines is 1. The van der Waals surface area contributed by atoms with Crippen molar-refractivity contribution in [1.82, 2.24) is 9.88 Å². The van der Waals surface area contributed by atoms with Crippen LogP contribution in [0.4, 0.5) is 5.69 Å². The number of nitrogens with two attached hydrogens (primary N) is 1. The largest absolute Gasteiger partial charge is 0.439 e. The molecular weight excluding hydrogens is 230 g/mol. The fourth-order valence-corrected chi connectivity index (χ4v) is 2.45. The van der Waals surface area contributed by atoms with E-state index in [4.69, 9.17) is 10.2 Å². The Bertz CT molecular complexity index is 577. The fourth-order valence-electron chi connectivity index (χ4n) is 2.45. The van der Waals surface area contributed by atoms with E-state index in [1.807, 2.05) is 25.1 Å². The minimum atomic E-state index is -0.592. The van der Waals surface area contributed by atoms with Gasteiger partial charge in [-0.05, 0) is 25.5 Å². The molecule has 0 saturated carbocycles. The number of nitrogen functional groups attached to an aromatic ring is 1. The number of hydrogen-bond acceptors (Lipinski definition) is 5. The molecule has 5 nitrogen and oxygen atoms in total. The van der Waals surface area contributed by atoms with Crippen molar-refractivity contribution in [3.63, 3.8) is 0 Å². The number of benzene rings is 1. The first-order valence-electron chi connectivity index (χ1n) is 6.12. The van der Waals surface area contributed by atoms with Gasteiger partial charge in [0.2, 0.25) is 5.89 Å². The third kappa shape index (κ3) is 2.07. The fraction of sp³-hybridized carbons (Fsp3) is 0.462. The number of fused-ring (bicyclic) bond motifs is 1. The third-order valence-corrected chi connectivity index (χ3v) is 3.38. The Kier molecular flexibility index (Phi) is 2.53. The summed E-state index contributed by atoms with van der Waals surface area (Å²) in [6, 6.07) is 5.53. The number of aliphatic hydroxyl groups is 1. The average Bonchev–Trinajstić information content (AvgIpc) is 2.83. The maximum absolute atomic E-state index is 9.91. The summed E-state index contributed by atoms with van der Waals surface area (Å²) in [4.78, 5) is 6.55. The highest BCUT2D eigenvalue weighted by Gasteiger charge is 2.31. The molecule has 18 heavy (non-hydrogen) atoms. The quantitative estimate of drug-likeness (QED) is 0.784. The van der Waals surface area contributed by atoms with Crippen LogP contribution in [-0.2, 0) is 6.54 Å². The molecule has 1 fully saturated rings. The summed E-state index contributed by atoms with van der Waals surface area (Å²) in [5.41, 5.74) is 7.33. The molecule has 1 unspecified atom stereocenters. The molecule has 2 heterocycles. The van der Waals surface area contributed by atoms with Crippen LogP contribution >= 0.6 is 0 Å². The summed E-state index contributed by atoms with van der Waals surface area (Å²) in [5, 5.41) is 9.91. The van der Waals surface area contributed by atoms with Crippen molar-refractivity contribution in [2.75, 3.05) is 18.8 Å². The summed E-state index contributed by atoms with van der Waals surface area (Å²) in [6.07, 6.45) is 0.787. The first-order valence-corrected chi connectivity index (χ1v) is 6.12. The van der Waals surface area contributed by atoms with E-state index in [-0.39, 0.29) is 0 Å². The van der Waals surface area contributed by atoms with E-state index in [1.54, 1.807) is 0 Å². The van der Waals surface area contributed by atoms with Crippen molar-refractivity contribution in [3.05, 3.63) is 24.1 Å². The van der Waals surface area contributed by atoms with Crippen molar-refractivity contribution in [2.24, 2.45) is 0 Å².